The Morgan fingerprint density at radius 2 is 1.50 bits per heavy atom. The first-order chi connectivity index (χ1) is 27.5. The van der Waals surface area contributed by atoms with Crippen LogP contribution in [0, 0.1) is 5.41 Å². The summed E-state index contributed by atoms with van der Waals surface area (Å²) in [6.45, 7) is 2.25. The quantitative estimate of drug-likeness (QED) is 0.0187. The molecule has 0 saturated carbocycles. The lowest BCUT2D eigenvalue weighted by Crippen LogP contribution is -2.60. The van der Waals surface area contributed by atoms with Crippen molar-refractivity contribution in [2.75, 3.05) is 18.8 Å². The van der Waals surface area contributed by atoms with Crippen molar-refractivity contribution in [3.63, 3.8) is 0 Å². The molecule has 0 fully saturated rings. The molecule has 0 unspecified atom stereocenters. The second-order valence-electron chi connectivity index (χ2n) is 13.4. The molecule has 0 spiro atoms. The van der Waals surface area contributed by atoms with E-state index in [4.69, 9.17) is 22.6 Å². The number of nitrogens with two attached hydrogens (primary N) is 3. The predicted molar refractivity (Wildman–Crippen MR) is 214 cm³/mol. The summed E-state index contributed by atoms with van der Waals surface area (Å²) in [4.78, 5) is 101. The molecule has 2 heterocycles. The summed E-state index contributed by atoms with van der Waals surface area (Å²) in [6.07, 6.45) is 3.48. The molecule has 0 radical (unpaired) electrons. The van der Waals surface area contributed by atoms with Crippen LogP contribution in [0.4, 0.5) is 0 Å². The molecule has 7 amide bonds. The number of imidazole rings is 1. The van der Waals surface area contributed by atoms with Crippen LogP contribution in [0.5, 0.6) is 0 Å². The summed E-state index contributed by atoms with van der Waals surface area (Å²) in [5.41, 5.74) is 18.8. The molecular formula is C35H52N14O8S. The van der Waals surface area contributed by atoms with Crippen LogP contribution in [0.25, 0.3) is 10.9 Å². The summed E-state index contributed by atoms with van der Waals surface area (Å²) < 4.78 is 0. The van der Waals surface area contributed by atoms with E-state index in [1.54, 1.807) is 6.20 Å². The van der Waals surface area contributed by atoms with Crippen molar-refractivity contribution < 1.29 is 38.7 Å². The average Bonchev–Trinajstić information content (AvgIpc) is 3.85. The fraction of sp³-hybridized carbons (Fsp3) is 0.457. The molecule has 3 aromatic rings. The van der Waals surface area contributed by atoms with Crippen LogP contribution < -0.4 is 54.4 Å². The molecule has 7 atom stereocenters. The highest BCUT2D eigenvalue weighted by Crippen LogP contribution is 2.18. The number of para-hydroxylation sites is 1. The van der Waals surface area contributed by atoms with Crippen molar-refractivity contribution >= 4 is 70.8 Å². The van der Waals surface area contributed by atoms with Crippen molar-refractivity contribution in [3.8, 4) is 0 Å². The number of primary amides is 1. The highest BCUT2D eigenvalue weighted by Gasteiger charge is 2.32. The Kier molecular flexibility index (Phi) is 17.9. The number of H-pyrrole nitrogens is 2. The first kappa shape index (κ1) is 46.2. The first-order valence-corrected chi connectivity index (χ1v) is 18.9. The molecular weight excluding hydrogens is 777 g/mol. The number of hydrogen-bond acceptors (Lipinski definition) is 12. The van der Waals surface area contributed by atoms with Crippen LogP contribution >= 0.6 is 12.6 Å². The molecule has 23 heteroatoms. The van der Waals surface area contributed by atoms with Crippen LogP contribution in [-0.2, 0) is 46.4 Å². The number of aliphatic hydroxyl groups excluding tert-OH is 1. The smallest absolute Gasteiger partial charge is 0.244 e. The second-order valence-corrected chi connectivity index (χ2v) is 13.8. The lowest BCUT2D eigenvalue weighted by molar-refractivity contribution is -0.135. The Balaban J connectivity index is 1.65. The number of hydrogen-bond donors (Lipinski definition) is 15. The summed E-state index contributed by atoms with van der Waals surface area (Å²) in [7, 11) is 0. The van der Waals surface area contributed by atoms with E-state index in [2.05, 4.69) is 64.8 Å². The number of carbonyl (C=O) groups is 7. The van der Waals surface area contributed by atoms with E-state index in [0.29, 0.717) is 5.69 Å². The van der Waals surface area contributed by atoms with Gasteiger partial charge in [0.2, 0.25) is 41.4 Å². The Labute approximate surface area is 338 Å². The number of fused-ring (bicyclic) bond motifs is 1. The van der Waals surface area contributed by atoms with Gasteiger partial charge in [0.05, 0.1) is 30.7 Å². The molecule has 3 rings (SSSR count). The lowest BCUT2D eigenvalue weighted by Gasteiger charge is -2.26. The van der Waals surface area contributed by atoms with Crippen molar-refractivity contribution in [1.29, 1.82) is 5.41 Å². The van der Waals surface area contributed by atoms with Gasteiger partial charge < -0.3 is 69.5 Å². The number of nitrogens with zero attached hydrogens (tertiary/aromatic N) is 1. The van der Waals surface area contributed by atoms with Gasteiger partial charge in [0.15, 0.2) is 5.96 Å². The summed E-state index contributed by atoms with van der Waals surface area (Å²) in [5.74, 6) is -6.23. The van der Waals surface area contributed by atoms with Crippen molar-refractivity contribution in [2.45, 2.75) is 81.9 Å². The molecule has 0 aliphatic heterocycles. The van der Waals surface area contributed by atoms with Gasteiger partial charge in [0.1, 0.15) is 30.2 Å². The summed E-state index contributed by atoms with van der Waals surface area (Å²) >= 11 is 4.12. The highest BCUT2D eigenvalue weighted by atomic mass is 32.1. The van der Waals surface area contributed by atoms with Gasteiger partial charge in [-0.2, -0.15) is 12.6 Å². The molecule has 1 aromatic carbocycles. The van der Waals surface area contributed by atoms with Gasteiger partial charge in [-0.05, 0) is 44.7 Å². The van der Waals surface area contributed by atoms with E-state index in [1.165, 1.54) is 26.4 Å². The zero-order chi connectivity index (χ0) is 42.9. The molecule has 0 saturated heterocycles. The zero-order valence-corrected chi connectivity index (χ0v) is 32.9. The zero-order valence-electron chi connectivity index (χ0n) is 32.0. The summed E-state index contributed by atoms with van der Waals surface area (Å²) in [5, 5.41) is 35.5. The van der Waals surface area contributed by atoms with Gasteiger partial charge in [0.25, 0.3) is 0 Å². The Morgan fingerprint density at radius 3 is 2.14 bits per heavy atom. The van der Waals surface area contributed by atoms with Crippen molar-refractivity contribution in [1.82, 2.24) is 52.2 Å². The third-order valence-corrected chi connectivity index (χ3v) is 9.13. The lowest BCUT2D eigenvalue weighted by atomic mass is 10.1. The van der Waals surface area contributed by atoms with Crippen molar-refractivity contribution in [2.24, 2.45) is 17.2 Å². The maximum Gasteiger partial charge on any atom is 0.244 e. The monoisotopic (exact) mass is 828 g/mol. The highest BCUT2D eigenvalue weighted by molar-refractivity contribution is 7.80. The average molecular weight is 829 g/mol. The number of aliphatic hydroxyl groups is 1. The maximum absolute atomic E-state index is 13.8. The van der Waals surface area contributed by atoms with E-state index < -0.39 is 90.3 Å². The number of nitrogens with one attached hydrogen (secondary N) is 10. The van der Waals surface area contributed by atoms with Gasteiger partial charge in [-0.3, -0.25) is 39.0 Å². The number of benzene rings is 1. The van der Waals surface area contributed by atoms with Crippen LogP contribution in [0.2, 0.25) is 0 Å². The third kappa shape index (κ3) is 14.4. The minimum Gasteiger partial charge on any atom is -0.391 e. The van der Waals surface area contributed by atoms with E-state index in [1.807, 2.05) is 24.3 Å². The minimum absolute atomic E-state index is 0.0387. The predicted octanol–water partition coefficient (Wildman–Crippen LogP) is -4.38. The van der Waals surface area contributed by atoms with E-state index in [0.717, 1.165) is 16.5 Å². The number of aromatic amines is 2. The van der Waals surface area contributed by atoms with Crippen molar-refractivity contribution in [3.05, 3.63) is 54.2 Å². The minimum atomic E-state index is -1.46. The fourth-order valence-corrected chi connectivity index (χ4v) is 5.88. The number of rotatable bonds is 23. The maximum atomic E-state index is 13.8. The molecule has 22 nitrogen and oxygen atoms in total. The second kappa shape index (κ2) is 22.5. The van der Waals surface area contributed by atoms with Gasteiger partial charge in [-0.25, -0.2) is 4.98 Å². The van der Waals surface area contributed by atoms with Gasteiger partial charge >= 0.3 is 0 Å². The SMILES string of the molecule is C[C@H](NC(=O)CNC(=O)[C@@H](N)Cc1c[nH]c2ccccc12)C(=O)N[C@@H](Cc1c[nH]cn1)C(=O)N[C@@H](CCCNC(=N)N)C(=O)N[C@@H](CS)C(=O)N[C@H](C(N)=O)[C@@H](C)O. The van der Waals surface area contributed by atoms with Gasteiger partial charge in [0, 0.05) is 42.0 Å². The molecule has 316 valence electrons. The van der Waals surface area contributed by atoms with Crippen LogP contribution in [0.15, 0.2) is 43.0 Å². The number of thiol groups is 1. The molecule has 0 aliphatic carbocycles. The summed E-state index contributed by atoms with van der Waals surface area (Å²) in [6, 6.07) is -0.0885. The number of aromatic nitrogens is 3. The number of amides is 7. The van der Waals surface area contributed by atoms with Gasteiger partial charge in [-0.1, -0.05) is 18.2 Å². The van der Waals surface area contributed by atoms with Crippen LogP contribution in [0.1, 0.15) is 37.9 Å². The Morgan fingerprint density at radius 1 is 0.845 bits per heavy atom. The third-order valence-electron chi connectivity index (χ3n) is 8.77. The van der Waals surface area contributed by atoms with E-state index >= 15 is 0 Å². The largest absolute Gasteiger partial charge is 0.391 e. The van der Waals surface area contributed by atoms with Crippen LogP contribution in [0.3, 0.4) is 0 Å². The van der Waals surface area contributed by atoms with E-state index in [9.17, 15) is 38.7 Å². The van der Waals surface area contributed by atoms with E-state index in [-0.39, 0.29) is 43.9 Å². The number of guanidine groups is 1. The normalized spacial score (nSPS) is 14.6. The van der Waals surface area contributed by atoms with Crippen LogP contribution in [-0.4, -0.2) is 129 Å². The molecule has 0 aliphatic rings. The standard InChI is InChI=1S/C35H52N14O8S/c1-17(45-27(51)14-43-31(54)22(36)10-19-12-42-23-7-4-3-6-21(19)23)30(53)47-25(11-20-13-40-16-44-20)33(56)46-24(8-5-9-41-35(38)39)32(55)48-26(15-58)34(57)49-28(18(2)50)29(37)52/h3-4,6-7,12-13,16-18,22,24-26,28,42,50,58H,5,8-11,14-15,36H2,1-2H3,(H2,37,52)(H,40,44)(H,43,54)(H,45,51)(H,46,56)(H,47,53)(H,48,55)(H,49,57)(H4,38,39,41)/t17-,18+,22-,24-,25-,26-,28-/m0/s1. The topological polar surface area (TPSA) is 370 Å². The Hall–Kier alpha value is -6.20. The number of carbonyl (C=O) groups excluding carboxylic acids is 7. The molecule has 58 heavy (non-hydrogen) atoms. The first-order valence-electron chi connectivity index (χ1n) is 18.2. The van der Waals surface area contributed by atoms with Gasteiger partial charge in [-0.15, -0.1) is 0 Å². The molecule has 17 N–H and O–H groups in total. The molecule has 2 aromatic heterocycles. The molecule has 0 bridgehead atoms. The Bertz CT molecular complexity index is 1910. The fourth-order valence-electron chi connectivity index (χ4n) is 5.62.